The van der Waals surface area contributed by atoms with Crippen molar-refractivity contribution >= 4 is 11.8 Å². The summed E-state index contributed by atoms with van der Waals surface area (Å²) in [6.45, 7) is 0.348. The van der Waals surface area contributed by atoms with E-state index in [2.05, 4.69) is 4.99 Å². The highest BCUT2D eigenvalue weighted by molar-refractivity contribution is 5.82. The van der Waals surface area contributed by atoms with E-state index in [-0.39, 0.29) is 5.92 Å². The molecular formula is C6H10N2O2. The summed E-state index contributed by atoms with van der Waals surface area (Å²) in [4.78, 5) is 14.2. The fourth-order valence-electron chi connectivity index (χ4n) is 0.921. The first kappa shape index (κ1) is 7.05. The van der Waals surface area contributed by atoms with Crippen LogP contribution in [0.5, 0.6) is 0 Å². The third-order valence-corrected chi connectivity index (χ3v) is 1.61. The second-order valence-electron chi connectivity index (χ2n) is 2.41. The summed E-state index contributed by atoms with van der Waals surface area (Å²) in [6, 6.07) is 0. The topological polar surface area (TPSA) is 75.7 Å². The molecule has 4 nitrogen and oxygen atoms in total. The average Bonchev–Trinajstić information content (AvgIpc) is 1.88. The average molecular weight is 142 g/mol. The number of carboxylic acid groups (broad SMARTS) is 1. The van der Waals surface area contributed by atoms with E-state index in [1.165, 1.54) is 0 Å². The lowest BCUT2D eigenvalue weighted by Gasteiger charge is -2.14. The number of nitrogens with two attached hydrogens (primary N) is 1. The van der Waals surface area contributed by atoms with Gasteiger partial charge in [-0.25, -0.2) is 0 Å². The molecule has 0 aromatic rings. The maximum absolute atomic E-state index is 10.4. The SMILES string of the molecule is NC1=NC[C@@H](C(=O)O)CC1. The van der Waals surface area contributed by atoms with Crippen LogP contribution in [-0.2, 0) is 4.79 Å². The molecule has 0 fully saturated rings. The van der Waals surface area contributed by atoms with E-state index < -0.39 is 5.97 Å². The van der Waals surface area contributed by atoms with Crippen LogP contribution in [0.3, 0.4) is 0 Å². The van der Waals surface area contributed by atoms with Crippen molar-refractivity contribution in [3.05, 3.63) is 0 Å². The van der Waals surface area contributed by atoms with Gasteiger partial charge in [0.1, 0.15) is 0 Å². The molecule has 0 unspecified atom stereocenters. The molecule has 0 saturated carbocycles. The molecule has 3 N–H and O–H groups in total. The quantitative estimate of drug-likeness (QED) is 0.534. The number of hydrogen-bond donors (Lipinski definition) is 2. The van der Waals surface area contributed by atoms with E-state index in [0.717, 1.165) is 0 Å². The van der Waals surface area contributed by atoms with Gasteiger partial charge in [0, 0.05) is 6.42 Å². The van der Waals surface area contributed by atoms with E-state index in [1.807, 2.05) is 0 Å². The standard InChI is InChI=1S/C6H10N2O2/c7-5-2-1-4(3-8-5)6(9)10/h4H,1-3H2,(H2,7,8)(H,9,10)/t4-/m0/s1. The summed E-state index contributed by atoms with van der Waals surface area (Å²) in [6.07, 6.45) is 1.25. The Balaban J connectivity index is 2.50. The number of rotatable bonds is 1. The molecule has 1 heterocycles. The first-order valence-electron chi connectivity index (χ1n) is 3.21. The zero-order chi connectivity index (χ0) is 7.56. The number of carbonyl (C=O) groups is 1. The van der Waals surface area contributed by atoms with E-state index in [4.69, 9.17) is 10.8 Å². The van der Waals surface area contributed by atoms with Gasteiger partial charge in [-0.1, -0.05) is 0 Å². The molecule has 0 amide bonds. The lowest BCUT2D eigenvalue weighted by atomic mass is 10.0. The molecule has 0 aromatic carbocycles. The smallest absolute Gasteiger partial charge is 0.308 e. The van der Waals surface area contributed by atoms with Crippen LogP contribution in [-0.4, -0.2) is 23.5 Å². The van der Waals surface area contributed by atoms with Crippen LogP contribution in [0.2, 0.25) is 0 Å². The molecule has 56 valence electrons. The van der Waals surface area contributed by atoms with E-state index in [9.17, 15) is 4.79 Å². The number of carboxylic acids is 1. The highest BCUT2D eigenvalue weighted by Gasteiger charge is 2.20. The van der Waals surface area contributed by atoms with Crippen molar-refractivity contribution in [2.24, 2.45) is 16.6 Å². The van der Waals surface area contributed by atoms with E-state index in [1.54, 1.807) is 0 Å². The predicted octanol–water partition coefficient (Wildman–Crippen LogP) is -0.162. The minimum Gasteiger partial charge on any atom is -0.481 e. The summed E-state index contributed by atoms with van der Waals surface area (Å²) in [5, 5.41) is 8.51. The van der Waals surface area contributed by atoms with Crippen LogP contribution in [0.1, 0.15) is 12.8 Å². The van der Waals surface area contributed by atoms with Crippen LogP contribution >= 0.6 is 0 Å². The maximum atomic E-state index is 10.4. The first-order chi connectivity index (χ1) is 4.70. The number of hydrogen-bond acceptors (Lipinski definition) is 3. The van der Waals surface area contributed by atoms with Crippen LogP contribution in [0.15, 0.2) is 4.99 Å². The Morgan fingerprint density at radius 2 is 2.50 bits per heavy atom. The highest BCUT2D eigenvalue weighted by atomic mass is 16.4. The van der Waals surface area contributed by atoms with Gasteiger partial charge in [-0.15, -0.1) is 0 Å². The molecule has 1 rings (SSSR count). The first-order valence-corrected chi connectivity index (χ1v) is 3.21. The molecule has 0 bridgehead atoms. The summed E-state index contributed by atoms with van der Waals surface area (Å²) < 4.78 is 0. The molecule has 10 heavy (non-hydrogen) atoms. The fraction of sp³-hybridized carbons (Fsp3) is 0.667. The van der Waals surface area contributed by atoms with Gasteiger partial charge >= 0.3 is 5.97 Å². The maximum Gasteiger partial charge on any atom is 0.308 e. The molecule has 1 aliphatic heterocycles. The van der Waals surface area contributed by atoms with Crippen LogP contribution in [0, 0.1) is 5.92 Å². The van der Waals surface area contributed by atoms with Gasteiger partial charge in [-0.05, 0) is 6.42 Å². The summed E-state index contributed by atoms with van der Waals surface area (Å²) in [5.41, 5.74) is 5.35. The number of aliphatic carboxylic acids is 1. The lowest BCUT2D eigenvalue weighted by Crippen LogP contribution is -2.26. The summed E-state index contributed by atoms with van der Waals surface area (Å²) in [5.74, 6) is -0.499. The zero-order valence-corrected chi connectivity index (χ0v) is 5.58. The third-order valence-electron chi connectivity index (χ3n) is 1.61. The second-order valence-corrected chi connectivity index (χ2v) is 2.41. The number of amidine groups is 1. The normalized spacial score (nSPS) is 25.6. The second kappa shape index (κ2) is 2.68. The highest BCUT2D eigenvalue weighted by Crippen LogP contribution is 2.11. The molecule has 1 atom stereocenters. The van der Waals surface area contributed by atoms with Crippen molar-refractivity contribution in [3.8, 4) is 0 Å². The third kappa shape index (κ3) is 1.46. The Morgan fingerprint density at radius 1 is 1.80 bits per heavy atom. The molecule has 0 radical (unpaired) electrons. The summed E-state index contributed by atoms with van der Waals surface area (Å²) in [7, 11) is 0. The molecule has 4 heteroatoms. The molecule has 0 aliphatic carbocycles. The minimum absolute atomic E-state index is 0.313. The van der Waals surface area contributed by atoms with Crippen molar-refractivity contribution in [2.45, 2.75) is 12.8 Å². The Bertz CT molecular complexity index is 177. The molecule has 0 saturated heterocycles. The van der Waals surface area contributed by atoms with Crippen LogP contribution < -0.4 is 5.73 Å². The minimum atomic E-state index is -0.767. The van der Waals surface area contributed by atoms with Crippen LogP contribution in [0.4, 0.5) is 0 Å². The fourth-order valence-corrected chi connectivity index (χ4v) is 0.921. The zero-order valence-electron chi connectivity index (χ0n) is 5.58. The van der Waals surface area contributed by atoms with Crippen molar-refractivity contribution < 1.29 is 9.90 Å². The molecule has 1 aliphatic rings. The monoisotopic (exact) mass is 142 g/mol. The number of aliphatic imine (C=N–C) groups is 1. The number of nitrogens with zero attached hydrogens (tertiary/aromatic N) is 1. The van der Waals surface area contributed by atoms with E-state index in [0.29, 0.717) is 25.2 Å². The largest absolute Gasteiger partial charge is 0.481 e. The van der Waals surface area contributed by atoms with E-state index >= 15 is 0 Å². The van der Waals surface area contributed by atoms with Crippen molar-refractivity contribution in [3.63, 3.8) is 0 Å². The van der Waals surface area contributed by atoms with Crippen molar-refractivity contribution in [1.82, 2.24) is 0 Å². The van der Waals surface area contributed by atoms with Gasteiger partial charge in [0.05, 0.1) is 18.3 Å². The van der Waals surface area contributed by atoms with Gasteiger partial charge in [-0.2, -0.15) is 0 Å². The molecular weight excluding hydrogens is 132 g/mol. The van der Waals surface area contributed by atoms with Gasteiger partial charge < -0.3 is 10.8 Å². The van der Waals surface area contributed by atoms with Crippen LogP contribution in [0.25, 0.3) is 0 Å². The Kier molecular flexibility index (Phi) is 1.89. The van der Waals surface area contributed by atoms with Gasteiger partial charge in [0.2, 0.25) is 0 Å². The Morgan fingerprint density at radius 3 is 2.90 bits per heavy atom. The summed E-state index contributed by atoms with van der Waals surface area (Å²) >= 11 is 0. The predicted molar refractivity (Wildman–Crippen MR) is 36.8 cm³/mol. The van der Waals surface area contributed by atoms with Gasteiger partial charge in [-0.3, -0.25) is 9.79 Å². The van der Waals surface area contributed by atoms with Crippen molar-refractivity contribution in [1.29, 1.82) is 0 Å². The van der Waals surface area contributed by atoms with Gasteiger partial charge in [0.15, 0.2) is 0 Å². The molecule has 0 spiro atoms. The Labute approximate surface area is 58.7 Å². The van der Waals surface area contributed by atoms with Gasteiger partial charge in [0.25, 0.3) is 0 Å². The van der Waals surface area contributed by atoms with Crippen molar-refractivity contribution in [2.75, 3.05) is 6.54 Å². The lowest BCUT2D eigenvalue weighted by molar-refractivity contribution is -0.141. The molecule has 0 aromatic heterocycles. The Hall–Kier alpha value is -1.06.